The average molecular weight is 245 g/mol. The van der Waals surface area contributed by atoms with Crippen molar-refractivity contribution in [1.29, 1.82) is 0 Å². The minimum Gasteiger partial charge on any atom is -0.481 e. The zero-order chi connectivity index (χ0) is 11.0. The van der Waals surface area contributed by atoms with Gasteiger partial charge in [0, 0.05) is 6.42 Å². The van der Waals surface area contributed by atoms with Crippen molar-refractivity contribution >= 4 is 16.4 Å². The molecule has 0 aromatic rings. The molecule has 0 radical (unpaired) electrons. The summed E-state index contributed by atoms with van der Waals surface area (Å²) in [7, 11) is -4.16. The Morgan fingerprint density at radius 1 is 1.40 bits per heavy atom. The third kappa shape index (κ3) is 11.2. The Bertz CT molecular complexity index is 263. The van der Waals surface area contributed by atoms with Crippen LogP contribution in [-0.2, 0) is 28.6 Å². The number of carboxylic acid groups (broad SMARTS) is 1. The first-order valence-corrected chi connectivity index (χ1v) is 5.23. The van der Waals surface area contributed by atoms with Crippen molar-refractivity contribution in [2.24, 2.45) is 0 Å². The fourth-order valence-electron chi connectivity index (χ4n) is 0.511. The van der Waals surface area contributed by atoms with E-state index in [2.05, 4.69) is 13.4 Å². The highest BCUT2D eigenvalue weighted by Crippen LogP contribution is 1.99. The molecule has 0 aromatic heterocycles. The molecule has 0 unspecified atom stereocenters. The van der Waals surface area contributed by atoms with Crippen molar-refractivity contribution in [3.8, 4) is 0 Å². The van der Waals surface area contributed by atoms with Crippen molar-refractivity contribution in [2.45, 2.75) is 19.8 Å². The van der Waals surface area contributed by atoms with Gasteiger partial charge in [-0.2, -0.15) is 8.42 Å². The molecule has 92 valence electrons. The normalized spacial score (nSPS) is 10.7. The molecule has 0 aliphatic rings. The molecule has 9 heteroatoms. The van der Waals surface area contributed by atoms with E-state index in [-0.39, 0.29) is 32.2 Å². The van der Waals surface area contributed by atoms with E-state index in [1.165, 1.54) is 0 Å². The maximum Gasteiger partial charge on any atom is 0.426 e. The zero-order valence-corrected chi connectivity index (χ0v) is 9.16. The van der Waals surface area contributed by atoms with E-state index in [1.54, 1.807) is 6.92 Å². The lowest BCUT2D eigenvalue weighted by molar-refractivity contribution is -0.205. The molecular weight excluding hydrogens is 230 g/mol. The fourth-order valence-corrected chi connectivity index (χ4v) is 1.09. The summed E-state index contributed by atoms with van der Waals surface area (Å²) in [6.45, 7) is 1.36. The summed E-state index contributed by atoms with van der Waals surface area (Å²) < 4.78 is 29.6. The molecule has 0 aliphatic heterocycles. The lowest BCUT2D eigenvalue weighted by atomic mass is 10.3. The number of hydrogen-bond acceptors (Lipinski definition) is 7. The van der Waals surface area contributed by atoms with Gasteiger partial charge in [-0.15, -0.1) is 0 Å². The Morgan fingerprint density at radius 2 is 2.00 bits per heavy atom. The van der Waals surface area contributed by atoms with Crippen molar-refractivity contribution in [1.82, 2.24) is 6.15 Å². The number of hydrogen-bond donors (Lipinski definition) is 2. The summed E-state index contributed by atoms with van der Waals surface area (Å²) in [5.41, 5.74) is 0. The van der Waals surface area contributed by atoms with Crippen LogP contribution in [0.15, 0.2) is 0 Å². The highest BCUT2D eigenvalue weighted by Gasteiger charge is 2.12. The molecule has 0 spiro atoms. The second-order valence-electron chi connectivity index (χ2n) is 2.20. The third-order valence-electron chi connectivity index (χ3n) is 1.01. The standard InChI is InChI=1S/C6H12O7S.H3N/c1-2-11-13-14(9,10)12-5-3-4-6(7)8;/h2-5H2,1H3,(H,7,8);1H3. The number of aliphatic carboxylic acids is 1. The topological polar surface area (TPSA) is 134 Å². The van der Waals surface area contributed by atoms with E-state index < -0.39 is 16.4 Å². The van der Waals surface area contributed by atoms with E-state index in [0.29, 0.717) is 0 Å². The summed E-state index contributed by atoms with van der Waals surface area (Å²) in [5.74, 6) is -1.02. The lowest BCUT2D eigenvalue weighted by Gasteiger charge is -2.02. The monoisotopic (exact) mass is 245 g/mol. The predicted octanol–water partition coefficient (Wildman–Crippen LogP) is 0.243. The van der Waals surface area contributed by atoms with Gasteiger partial charge in [0.05, 0.1) is 13.2 Å². The Hall–Kier alpha value is -0.740. The minimum absolute atomic E-state index is 0. The quantitative estimate of drug-likeness (QED) is 0.353. The number of carbonyl (C=O) groups is 1. The Balaban J connectivity index is 0. The molecule has 0 aliphatic carbocycles. The largest absolute Gasteiger partial charge is 0.481 e. The molecular formula is C6H15NO7S. The molecule has 0 amide bonds. The van der Waals surface area contributed by atoms with E-state index >= 15 is 0 Å². The van der Waals surface area contributed by atoms with Crippen molar-refractivity contribution in [3.05, 3.63) is 0 Å². The zero-order valence-electron chi connectivity index (χ0n) is 8.34. The second-order valence-corrected chi connectivity index (χ2v) is 3.39. The van der Waals surface area contributed by atoms with Crippen LogP contribution in [0.2, 0.25) is 0 Å². The average Bonchev–Trinajstić information content (AvgIpc) is 2.09. The SMILES string of the molecule is CCOOS(=O)(=O)OCCCC(=O)O.N. The highest BCUT2D eigenvalue weighted by molar-refractivity contribution is 7.81. The minimum atomic E-state index is -4.16. The first-order chi connectivity index (χ1) is 6.48. The van der Waals surface area contributed by atoms with Crippen LogP contribution in [0.1, 0.15) is 19.8 Å². The Labute approximate surface area is 88.0 Å². The number of carboxylic acids is 1. The van der Waals surface area contributed by atoms with Gasteiger partial charge in [0.2, 0.25) is 0 Å². The second kappa shape index (κ2) is 8.56. The molecule has 0 fully saturated rings. The molecule has 0 saturated heterocycles. The maximum atomic E-state index is 10.7. The van der Waals surface area contributed by atoms with Gasteiger partial charge in [-0.05, 0) is 13.3 Å². The summed E-state index contributed by atoms with van der Waals surface area (Å²) >= 11 is 0. The summed E-state index contributed by atoms with van der Waals surface area (Å²) in [6, 6.07) is 0. The highest BCUT2D eigenvalue weighted by atomic mass is 32.3. The Kier molecular flexibility index (Phi) is 9.52. The summed E-state index contributed by atoms with van der Waals surface area (Å²) in [5, 5.41) is 8.22. The predicted molar refractivity (Wildman–Crippen MR) is 49.5 cm³/mol. The van der Waals surface area contributed by atoms with Crippen LogP contribution in [0, 0.1) is 0 Å². The molecule has 0 bridgehead atoms. The van der Waals surface area contributed by atoms with Gasteiger partial charge in [-0.3, -0.25) is 4.79 Å². The molecule has 0 heterocycles. The molecule has 0 saturated carbocycles. The maximum absolute atomic E-state index is 10.7. The van der Waals surface area contributed by atoms with Crippen LogP contribution in [0.3, 0.4) is 0 Å². The van der Waals surface area contributed by atoms with Crippen molar-refractivity contribution < 1.29 is 31.7 Å². The summed E-state index contributed by atoms with van der Waals surface area (Å²) in [4.78, 5) is 14.2. The van der Waals surface area contributed by atoms with Crippen molar-refractivity contribution in [3.63, 3.8) is 0 Å². The van der Waals surface area contributed by atoms with E-state index in [1.807, 2.05) is 0 Å². The van der Waals surface area contributed by atoms with Gasteiger partial charge in [-0.1, -0.05) is 4.33 Å². The third-order valence-corrected chi connectivity index (χ3v) is 1.73. The molecule has 4 N–H and O–H groups in total. The van der Waals surface area contributed by atoms with E-state index in [9.17, 15) is 13.2 Å². The Morgan fingerprint density at radius 3 is 2.47 bits per heavy atom. The first-order valence-electron chi connectivity index (χ1n) is 3.90. The molecule has 0 aromatic carbocycles. The van der Waals surface area contributed by atoms with Gasteiger partial charge in [0.1, 0.15) is 0 Å². The van der Waals surface area contributed by atoms with Crippen LogP contribution < -0.4 is 6.15 Å². The van der Waals surface area contributed by atoms with Crippen LogP contribution in [-0.4, -0.2) is 32.7 Å². The van der Waals surface area contributed by atoms with E-state index in [4.69, 9.17) is 5.11 Å². The van der Waals surface area contributed by atoms with Crippen LogP contribution >= 0.6 is 0 Å². The van der Waals surface area contributed by atoms with Gasteiger partial charge >= 0.3 is 16.4 Å². The lowest BCUT2D eigenvalue weighted by Crippen LogP contribution is -2.12. The van der Waals surface area contributed by atoms with Gasteiger partial charge in [-0.25, -0.2) is 9.07 Å². The van der Waals surface area contributed by atoms with Crippen molar-refractivity contribution in [2.75, 3.05) is 13.2 Å². The van der Waals surface area contributed by atoms with Crippen LogP contribution in [0.5, 0.6) is 0 Å². The van der Waals surface area contributed by atoms with Crippen LogP contribution in [0.25, 0.3) is 0 Å². The van der Waals surface area contributed by atoms with E-state index in [0.717, 1.165) is 0 Å². The molecule has 0 atom stereocenters. The fraction of sp³-hybridized carbons (Fsp3) is 0.833. The van der Waals surface area contributed by atoms with Gasteiger partial charge < -0.3 is 11.3 Å². The van der Waals surface area contributed by atoms with Crippen LogP contribution in [0.4, 0.5) is 0 Å². The summed E-state index contributed by atoms with van der Waals surface area (Å²) in [6.07, 6.45) is -0.0752. The first kappa shape index (κ1) is 16.7. The van der Waals surface area contributed by atoms with Gasteiger partial charge in [0.25, 0.3) is 0 Å². The molecule has 0 rings (SSSR count). The molecule has 8 nitrogen and oxygen atoms in total. The number of rotatable bonds is 8. The smallest absolute Gasteiger partial charge is 0.426 e. The van der Waals surface area contributed by atoms with Gasteiger partial charge in [0.15, 0.2) is 0 Å². The molecule has 15 heavy (non-hydrogen) atoms.